The van der Waals surface area contributed by atoms with Gasteiger partial charge in [0.1, 0.15) is 17.9 Å². The molecule has 11 heteroatoms. The molecule has 0 radical (unpaired) electrons. The van der Waals surface area contributed by atoms with Gasteiger partial charge in [-0.2, -0.15) is 5.26 Å². The van der Waals surface area contributed by atoms with Crippen LogP contribution in [-0.4, -0.2) is 36.6 Å². The first-order valence-corrected chi connectivity index (χ1v) is 10.9. The molecule has 1 aromatic carbocycles. The summed E-state index contributed by atoms with van der Waals surface area (Å²) >= 11 is 1.21. The van der Waals surface area contributed by atoms with Gasteiger partial charge in [-0.25, -0.2) is 23.7 Å². The van der Waals surface area contributed by atoms with Crippen LogP contribution in [0.5, 0.6) is 0 Å². The Morgan fingerprint density at radius 3 is 2.70 bits per heavy atom. The Morgan fingerprint density at radius 2 is 2.00 bits per heavy atom. The highest BCUT2D eigenvalue weighted by molar-refractivity contribution is 8.15. The van der Waals surface area contributed by atoms with Gasteiger partial charge in [-0.1, -0.05) is 18.7 Å². The van der Waals surface area contributed by atoms with Crippen LogP contribution >= 0.6 is 11.8 Å². The number of aliphatic hydroxyl groups excluding tert-OH is 1. The van der Waals surface area contributed by atoms with Gasteiger partial charge in [0.05, 0.1) is 23.2 Å². The summed E-state index contributed by atoms with van der Waals surface area (Å²) < 4.78 is 29.1. The number of nitrogens with zero attached hydrogens (tertiary/aromatic N) is 5. The van der Waals surface area contributed by atoms with Gasteiger partial charge in [0.25, 0.3) is 0 Å². The van der Waals surface area contributed by atoms with E-state index in [2.05, 4.69) is 25.3 Å². The maximum atomic E-state index is 15.1. The van der Waals surface area contributed by atoms with Crippen molar-refractivity contribution in [1.82, 2.24) is 15.0 Å². The van der Waals surface area contributed by atoms with E-state index >= 15 is 4.39 Å². The number of rotatable bonds is 4. The number of amidine groups is 1. The first-order chi connectivity index (χ1) is 15.6. The lowest BCUT2D eigenvalue weighted by Gasteiger charge is -2.46. The molecule has 1 aliphatic rings. The summed E-state index contributed by atoms with van der Waals surface area (Å²) in [7, 11) is 0. The molecule has 3 heterocycles. The Labute approximate surface area is 193 Å². The van der Waals surface area contributed by atoms with Crippen LogP contribution in [-0.2, 0) is 5.54 Å². The number of benzene rings is 1. The van der Waals surface area contributed by atoms with E-state index in [0.29, 0.717) is 16.6 Å². The quantitative estimate of drug-likeness (QED) is 0.528. The van der Waals surface area contributed by atoms with Crippen molar-refractivity contribution in [1.29, 1.82) is 5.26 Å². The molecule has 170 valence electrons. The van der Waals surface area contributed by atoms with Crippen molar-refractivity contribution in [2.75, 3.05) is 11.9 Å². The molecule has 0 bridgehead atoms. The molecule has 4 rings (SSSR count). The molecule has 0 unspecified atom stereocenters. The van der Waals surface area contributed by atoms with E-state index in [4.69, 9.17) is 11.0 Å². The molecule has 8 nitrogen and oxygen atoms in total. The summed E-state index contributed by atoms with van der Waals surface area (Å²) in [6, 6.07) is 6.02. The number of anilines is 2. The van der Waals surface area contributed by atoms with Gasteiger partial charge in [0, 0.05) is 34.2 Å². The molecule has 0 fully saturated rings. The van der Waals surface area contributed by atoms with Crippen LogP contribution in [0.25, 0.3) is 11.0 Å². The lowest BCUT2D eigenvalue weighted by Crippen LogP contribution is -2.50. The topological polar surface area (TPSA) is 133 Å². The third-order valence-electron chi connectivity index (χ3n) is 6.19. The van der Waals surface area contributed by atoms with Gasteiger partial charge in [-0.15, -0.1) is 0 Å². The highest BCUT2D eigenvalue weighted by atomic mass is 32.2. The van der Waals surface area contributed by atoms with Crippen LogP contribution in [0.2, 0.25) is 0 Å². The van der Waals surface area contributed by atoms with E-state index in [1.807, 2.05) is 19.9 Å². The number of thioether (sulfide) groups is 1. The molecule has 3 atom stereocenters. The second-order valence-corrected chi connectivity index (χ2v) is 9.82. The molecular formula is C22H21F2N7OS. The molecule has 0 spiro atoms. The molecule has 0 amide bonds. The number of aliphatic imine (C=N–C) groups is 1. The van der Waals surface area contributed by atoms with Crippen molar-refractivity contribution in [3.63, 3.8) is 0 Å². The number of halogens is 2. The zero-order valence-corrected chi connectivity index (χ0v) is 18.9. The largest absolute Gasteiger partial charge is 0.395 e. The van der Waals surface area contributed by atoms with Crippen molar-refractivity contribution in [3.8, 4) is 6.07 Å². The Balaban J connectivity index is 1.82. The summed E-state index contributed by atoms with van der Waals surface area (Å²) in [5.74, 6) is -2.23. The minimum atomic E-state index is -1.23. The third-order valence-corrected chi connectivity index (χ3v) is 7.44. The van der Waals surface area contributed by atoms with Gasteiger partial charge in [-0.05, 0) is 26.0 Å². The van der Waals surface area contributed by atoms with Gasteiger partial charge in [0.15, 0.2) is 22.6 Å². The Morgan fingerprint density at radius 1 is 1.24 bits per heavy atom. The molecule has 0 aliphatic carbocycles. The lowest BCUT2D eigenvalue weighted by atomic mass is 9.74. The van der Waals surface area contributed by atoms with Crippen LogP contribution in [0.1, 0.15) is 31.9 Å². The number of nitriles is 1. The molecule has 3 aromatic rings. The fourth-order valence-electron chi connectivity index (χ4n) is 4.00. The lowest BCUT2D eigenvalue weighted by molar-refractivity contribution is 0.168. The number of hydrogen-bond acceptors (Lipinski definition) is 9. The van der Waals surface area contributed by atoms with E-state index < -0.39 is 21.9 Å². The minimum absolute atomic E-state index is 0.00138. The van der Waals surface area contributed by atoms with E-state index in [1.165, 1.54) is 30.4 Å². The highest BCUT2D eigenvalue weighted by Crippen LogP contribution is 2.50. The van der Waals surface area contributed by atoms with Crippen molar-refractivity contribution in [3.05, 3.63) is 53.5 Å². The average Bonchev–Trinajstić information content (AvgIpc) is 2.79. The molecule has 0 saturated heterocycles. The summed E-state index contributed by atoms with van der Waals surface area (Å²) in [5, 5.41) is 22.2. The van der Waals surface area contributed by atoms with Crippen LogP contribution in [0.4, 0.5) is 20.3 Å². The Kier molecular flexibility index (Phi) is 5.67. The minimum Gasteiger partial charge on any atom is -0.395 e. The van der Waals surface area contributed by atoms with Crippen LogP contribution < -0.4 is 11.1 Å². The molecule has 4 N–H and O–H groups in total. The van der Waals surface area contributed by atoms with Crippen molar-refractivity contribution >= 4 is 39.5 Å². The monoisotopic (exact) mass is 469 g/mol. The second-order valence-electron chi connectivity index (χ2n) is 8.26. The van der Waals surface area contributed by atoms with E-state index in [1.54, 1.807) is 13.0 Å². The summed E-state index contributed by atoms with van der Waals surface area (Å²) in [6.45, 7) is 5.10. The number of pyridine rings is 1. The number of hydrogen-bond donors (Lipinski definition) is 3. The summed E-state index contributed by atoms with van der Waals surface area (Å²) in [4.78, 5) is 17.0. The Bertz CT molecular complexity index is 1330. The normalized spacial score (nSPS) is 24.9. The molecule has 0 saturated carbocycles. The number of nitrogens with one attached hydrogen (secondary N) is 1. The zero-order valence-electron chi connectivity index (χ0n) is 18.1. The predicted octanol–water partition coefficient (Wildman–Crippen LogP) is 3.58. The smallest absolute Gasteiger partial charge is 0.164 e. The summed E-state index contributed by atoms with van der Waals surface area (Å²) in [5.41, 5.74) is 6.14. The van der Waals surface area contributed by atoms with Crippen LogP contribution in [0.3, 0.4) is 0 Å². The molecule has 1 aliphatic heterocycles. The predicted molar refractivity (Wildman–Crippen MR) is 123 cm³/mol. The molecule has 33 heavy (non-hydrogen) atoms. The fourth-order valence-corrected chi connectivity index (χ4v) is 5.18. The van der Waals surface area contributed by atoms with E-state index in [0.717, 1.165) is 6.07 Å². The third kappa shape index (κ3) is 3.85. The SMILES string of the molecule is C[C@@H]1[C@@](C)(CO)SC(N)=N[C@]1(C)c1cc(Nc2ncnc3cc(C#N)cnc23)cc(F)c1F. The maximum Gasteiger partial charge on any atom is 0.164 e. The zero-order chi connectivity index (χ0) is 24.0. The first-order valence-electron chi connectivity index (χ1n) is 10.0. The second kappa shape index (κ2) is 8.20. The number of aromatic nitrogens is 3. The highest BCUT2D eigenvalue weighted by Gasteiger charge is 2.50. The molecular weight excluding hydrogens is 448 g/mol. The standard InChI is InChI=1S/C22H21F2N7OS/c1-11-21(2,9-32)33-20(26)31-22(11,3)14-5-13(6-15(23)17(14)24)30-19-18-16(28-10-29-19)4-12(7-25)8-27-18/h4-6,8,10-11,32H,9H2,1-3H3,(H2,26,31)(H,28,29,30)/t11-,21-,22+/m1/s1. The Hall–Kier alpha value is -3.36. The number of fused-ring (bicyclic) bond motifs is 1. The van der Waals surface area contributed by atoms with Crippen LogP contribution in [0.15, 0.2) is 35.7 Å². The van der Waals surface area contributed by atoms with Crippen molar-refractivity contribution in [2.24, 2.45) is 16.6 Å². The van der Waals surface area contributed by atoms with Gasteiger partial charge in [-0.3, -0.25) is 4.99 Å². The van der Waals surface area contributed by atoms with Gasteiger partial charge in [0.2, 0.25) is 0 Å². The van der Waals surface area contributed by atoms with Crippen molar-refractivity contribution in [2.45, 2.75) is 31.1 Å². The number of aliphatic hydroxyl groups is 1. The maximum absolute atomic E-state index is 15.1. The van der Waals surface area contributed by atoms with E-state index in [-0.39, 0.29) is 34.8 Å². The molecule has 2 aromatic heterocycles. The van der Waals surface area contributed by atoms with Crippen LogP contribution in [0, 0.1) is 28.9 Å². The average molecular weight is 470 g/mol. The van der Waals surface area contributed by atoms with Crippen molar-refractivity contribution < 1.29 is 13.9 Å². The van der Waals surface area contributed by atoms with Gasteiger partial charge < -0.3 is 16.2 Å². The number of nitrogens with two attached hydrogens (primary N) is 1. The van der Waals surface area contributed by atoms with E-state index in [9.17, 15) is 9.50 Å². The van der Waals surface area contributed by atoms with Gasteiger partial charge >= 0.3 is 0 Å². The summed E-state index contributed by atoms with van der Waals surface area (Å²) in [6.07, 6.45) is 2.66. The fraction of sp³-hybridized carbons (Fsp3) is 0.318. The first kappa shape index (κ1) is 22.8.